The van der Waals surface area contributed by atoms with E-state index in [0.717, 1.165) is 11.1 Å². The number of aromatic nitrogens is 1. The molecule has 1 N–H and O–H groups in total. The van der Waals surface area contributed by atoms with Gasteiger partial charge in [0.2, 0.25) is 5.89 Å². The molecular weight excluding hydrogens is 380 g/mol. The molecule has 0 fully saturated rings. The number of amides is 1. The highest BCUT2D eigenvalue weighted by Crippen LogP contribution is 2.27. The normalized spacial score (nSPS) is 12.0. The molecule has 4 rings (SSSR count). The summed E-state index contributed by atoms with van der Waals surface area (Å²) in [4.78, 5) is 18.9. The summed E-state index contributed by atoms with van der Waals surface area (Å²) in [6.45, 7) is 0.187. The van der Waals surface area contributed by atoms with Gasteiger partial charge in [-0.1, -0.05) is 36.4 Å². The Morgan fingerprint density at radius 2 is 1.90 bits per heavy atom. The molecule has 6 heteroatoms. The molecule has 4 aromatic rings. The van der Waals surface area contributed by atoms with Gasteiger partial charge in [0, 0.05) is 18.2 Å². The quantitative estimate of drug-likeness (QED) is 0.520. The first-order valence-electron chi connectivity index (χ1n) is 9.58. The van der Waals surface area contributed by atoms with E-state index in [1.54, 1.807) is 32.4 Å². The van der Waals surface area contributed by atoms with E-state index >= 15 is 0 Å². The Labute approximate surface area is 174 Å². The summed E-state index contributed by atoms with van der Waals surface area (Å²) >= 11 is 0. The van der Waals surface area contributed by atoms with Crippen molar-refractivity contribution in [2.75, 3.05) is 20.7 Å². The molecule has 0 aliphatic rings. The van der Waals surface area contributed by atoms with Gasteiger partial charge in [0.25, 0.3) is 5.91 Å². The van der Waals surface area contributed by atoms with Crippen LogP contribution >= 0.6 is 0 Å². The highest BCUT2D eigenvalue weighted by molar-refractivity contribution is 5.97. The van der Waals surface area contributed by atoms with Gasteiger partial charge in [-0.15, -0.1) is 0 Å². The Morgan fingerprint density at radius 1 is 1.10 bits per heavy atom. The number of nitrogens with zero attached hydrogens (tertiary/aromatic N) is 2. The van der Waals surface area contributed by atoms with Gasteiger partial charge < -0.3 is 19.2 Å². The van der Waals surface area contributed by atoms with Gasteiger partial charge in [0.15, 0.2) is 5.58 Å². The van der Waals surface area contributed by atoms with E-state index in [0.29, 0.717) is 28.3 Å². The zero-order valence-corrected chi connectivity index (χ0v) is 16.8. The first kappa shape index (κ1) is 19.7. The number of rotatable bonds is 6. The van der Waals surface area contributed by atoms with E-state index in [-0.39, 0.29) is 12.5 Å². The number of fused-ring (bicyclic) bond motifs is 1. The van der Waals surface area contributed by atoms with Crippen molar-refractivity contribution >= 4 is 17.0 Å². The molecular formula is C24H22N2O4. The molecule has 0 spiro atoms. The Kier molecular flexibility index (Phi) is 5.50. The fourth-order valence-electron chi connectivity index (χ4n) is 3.28. The molecule has 0 saturated heterocycles. The molecule has 6 nitrogen and oxygen atoms in total. The van der Waals surface area contributed by atoms with Crippen LogP contribution in [0.3, 0.4) is 0 Å². The van der Waals surface area contributed by atoms with E-state index in [4.69, 9.17) is 9.15 Å². The van der Waals surface area contributed by atoms with E-state index in [9.17, 15) is 9.90 Å². The van der Waals surface area contributed by atoms with Crippen molar-refractivity contribution in [2.24, 2.45) is 0 Å². The van der Waals surface area contributed by atoms with Crippen molar-refractivity contribution in [1.82, 2.24) is 9.88 Å². The van der Waals surface area contributed by atoms with Crippen LogP contribution in [0.2, 0.25) is 0 Å². The number of methoxy groups -OCH3 is 1. The smallest absolute Gasteiger partial charge is 0.253 e. The predicted molar refractivity (Wildman–Crippen MR) is 114 cm³/mol. The molecule has 0 saturated carbocycles. The number of likely N-dealkylation sites (N-methyl/N-ethyl adjacent to an activating group) is 1. The number of benzene rings is 3. The lowest BCUT2D eigenvalue weighted by Crippen LogP contribution is -2.31. The molecule has 0 bridgehead atoms. The standard InChI is InChI=1S/C24H22N2O4/c1-26(15-21(27)16-7-4-3-5-8-16)24(28)18-11-12-20-22(14-18)30-23(25-20)17-9-6-10-19(13-17)29-2/h3-14,21,27H,15H2,1-2H3/t21-/m1/s1. The largest absolute Gasteiger partial charge is 0.497 e. The highest BCUT2D eigenvalue weighted by atomic mass is 16.5. The first-order valence-corrected chi connectivity index (χ1v) is 9.58. The average Bonchev–Trinajstić information content (AvgIpc) is 3.22. The van der Waals surface area contributed by atoms with Gasteiger partial charge in [0.05, 0.1) is 19.8 Å². The van der Waals surface area contributed by atoms with Gasteiger partial charge >= 0.3 is 0 Å². The van der Waals surface area contributed by atoms with Gasteiger partial charge in [-0.05, 0) is 42.0 Å². The second-order valence-electron chi connectivity index (χ2n) is 7.05. The molecule has 152 valence electrons. The van der Waals surface area contributed by atoms with Gasteiger partial charge in [-0.25, -0.2) is 4.98 Å². The van der Waals surface area contributed by atoms with Crippen molar-refractivity contribution in [3.05, 3.63) is 83.9 Å². The third-order valence-electron chi connectivity index (χ3n) is 4.93. The van der Waals surface area contributed by atoms with Crippen LogP contribution < -0.4 is 4.74 Å². The lowest BCUT2D eigenvalue weighted by molar-refractivity contribution is 0.0681. The van der Waals surface area contributed by atoms with Crippen LogP contribution in [-0.4, -0.2) is 41.6 Å². The third kappa shape index (κ3) is 4.04. The molecule has 0 radical (unpaired) electrons. The lowest BCUT2D eigenvalue weighted by Gasteiger charge is -2.21. The summed E-state index contributed by atoms with van der Waals surface area (Å²) < 4.78 is 11.1. The topological polar surface area (TPSA) is 75.8 Å². The molecule has 1 heterocycles. The monoisotopic (exact) mass is 402 g/mol. The summed E-state index contributed by atoms with van der Waals surface area (Å²) in [5, 5.41) is 10.4. The average molecular weight is 402 g/mol. The molecule has 0 aliphatic carbocycles. The number of aliphatic hydroxyl groups is 1. The predicted octanol–water partition coefficient (Wildman–Crippen LogP) is 4.31. The second kappa shape index (κ2) is 8.39. The van der Waals surface area contributed by atoms with Gasteiger partial charge in [-0.2, -0.15) is 0 Å². The molecule has 1 amide bonds. The SMILES string of the molecule is COc1cccc(-c2nc3ccc(C(=O)N(C)C[C@@H](O)c4ccccc4)cc3o2)c1. The van der Waals surface area contributed by atoms with Crippen LogP contribution in [0, 0.1) is 0 Å². The minimum Gasteiger partial charge on any atom is -0.497 e. The summed E-state index contributed by atoms with van der Waals surface area (Å²) in [5.74, 6) is 0.969. The van der Waals surface area contributed by atoms with Crippen LogP contribution in [0.4, 0.5) is 0 Å². The number of carbonyl (C=O) groups is 1. The minimum absolute atomic E-state index is 0.187. The highest BCUT2D eigenvalue weighted by Gasteiger charge is 2.18. The summed E-state index contributed by atoms with van der Waals surface area (Å²) in [5.41, 5.74) is 3.22. The van der Waals surface area contributed by atoms with Gasteiger partial charge in [-0.3, -0.25) is 4.79 Å². The molecule has 3 aromatic carbocycles. The first-order chi connectivity index (χ1) is 14.5. The molecule has 0 aliphatic heterocycles. The lowest BCUT2D eigenvalue weighted by atomic mass is 10.1. The molecule has 1 aromatic heterocycles. The Hall–Kier alpha value is -3.64. The van der Waals surface area contributed by atoms with Crippen molar-refractivity contribution < 1.29 is 19.1 Å². The number of carbonyl (C=O) groups excluding carboxylic acids is 1. The van der Waals surface area contributed by atoms with Crippen molar-refractivity contribution in [2.45, 2.75) is 6.10 Å². The molecule has 0 unspecified atom stereocenters. The number of ether oxygens (including phenoxy) is 1. The minimum atomic E-state index is -0.756. The van der Waals surface area contributed by atoms with Gasteiger partial charge in [0.1, 0.15) is 11.3 Å². The fourth-order valence-corrected chi connectivity index (χ4v) is 3.28. The van der Waals surface area contributed by atoms with E-state index in [1.807, 2.05) is 54.6 Å². The number of aliphatic hydroxyl groups excluding tert-OH is 1. The van der Waals surface area contributed by atoms with E-state index < -0.39 is 6.10 Å². The van der Waals surface area contributed by atoms with E-state index in [1.165, 1.54) is 4.90 Å². The molecule has 30 heavy (non-hydrogen) atoms. The third-order valence-corrected chi connectivity index (χ3v) is 4.93. The Morgan fingerprint density at radius 3 is 2.67 bits per heavy atom. The maximum atomic E-state index is 12.9. The number of hydrogen-bond acceptors (Lipinski definition) is 5. The summed E-state index contributed by atoms with van der Waals surface area (Å²) in [6, 6.07) is 21.9. The van der Waals surface area contributed by atoms with Crippen molar-refractivity contribution in [3.63, 3.8) is 0 Å². The van der Waals surface area contributed by atoms with Crippen LogP contribution in [0.25, 0.3) is 22.6 Å². The summed E-state index contributed by atoms with van der Waals surface area (Å²) in [6.07, 6.45) is -0.756. The molecule has 1 atom stereocenters. The number of hydrogen-bond donors (Lipinski definition) is 1. The van der Waals surface area contributed by atoms with Crippen LogP contribution in [0.15, 0.2) is 77.2 Å². The van der Waals surface area contributed by atoms with Crippen molar-refractivity contribution in [1.29, 1.82) is 0 Å². The van der Waals surface area contributed by atoms with Crippen LogP contribution in [-0.2, 0) is 0 Å². The zero-order valence-electron chi connectivity index (χ0n) is 16.8. The maximum Gasteiger partial charge on any atom is 0.253 e. The zero-order chi connectivity index (χ0) is 21.1. The van der Waals surface area contributed by atoms with E-state index in [2.05, 4.69) is 4.98 Å². The Bertz CT molecular complexity index is 1170. The maximum absolute atomic E-state index is 12.9. The summed E-state index contributed by atoms with van der Waals surface area (Å²) in [7, 11) is 3.27. The fraction of sp³-hybridized carbons (Fsp3) is 0.167. The van der Waals surface area contributed by atoms with Crippen molar-refractivity contribution in [3.8, 4) is 17.2 Å². The number of oxazole rings is 1. The van der Waals surface area contributed by atoms with Crippen LogP contribution in [0.1, 0.15) is 22.0 Å². The second-order valence-corrected chi connectivity index (χ2v) is 7.05. The van der Waals surface area contributed by atoms with Crippen LogP contribution in [0.5, 0.6) is 5.75 Å². The Balaban J connectivity index is 1.54.